The topological polar surface area (TPSA) is 108 Å². The normalized spacial score (nSPS) is 10.4. The van der Waals surface area contributed by atoms with Crippen LogP contribution in [0, 0.1) is 11.3 Å². The molecule has 0 bridgehead atoms. The van der Waals surface area contributed by atoms with Gasteiger partial charge in [0.25, 0.3) is 0 Å². The molecule has 8 heteroatoms. The second-order valence-electron chi connectivity index (χ2n) is 4.31. The van der Waals surface area contributed by atoms with Crippen molar-refractivity contribution in [2.24, 2.45) is 0 Å². The molecule has 0 radical (unpaired) electrons. The van der Waals surface area contributed by atoms with Gasteiger partial charge in [-0.25, -0.2) is 14.5 Å². The van der Waals surface area contributed by atoms with Crippen molar-refractivity contribution in [3.05, 3.63) is 42.5 Å². The fraction of sp³-hybridized carbons (Fsp3) is 0.143. The zero-order valence-corrected chi connectivity index (χ0v) is 11.5. The van der Waals surface area contributed by atoms with Crippen LogP contribution in [0.3, 0.4) is 0 Å². The summed E-state index contributed by atoms with van der Waals surface area (Å²) < 4.78 is 6.71. The van der Waals surface area contributed by atoms with Gasteiger partial charge in [0.1, 0.15) is 24.2 Å². The van der Waals surface area contributed by atoms with Crippen LogP contribution in [0.1, 0.15) is 5.69 Å². The number of rotatable bonds is 5. The molecule has 0 aromatic carbocycles. The van der Waals surface area contributed by atoms with Gasteiger partial charge in [-0.3, -0.25) is 0 Å². The number of aliphatic hydroxyl groups excluding tert-OH is 1. The van der Waals surface area contributed by atoms with Crippen molar-refractivity contribution in [2.45, 2.75) is 0 Å². The maximum atomic E-state index is 8.99. The summed E-state index contributed by atoms with van der Waals surface area (Å²) in [5, 5.41) is 24.9. The molecule has 3 rings (SSSR count). The molecule has 110 valence electrons. The molecule has 0 saturated carbocycles. The zero-order chi connectivity index (χ0) is 15.4. The van der Waals surface area contributed by atoms with Gasteiger partial charge >= 0.3 is 0 Å². The molecule has 0 fully saturated rings. The average molecular weight is 296 g/mol. The van der Waals surface area contributed by atoms with Crippen LogP contribution < -0.4 is 10.1 Å². The number of pyridine rings is 1. The molecule has 0 atom stereocenters. The number of imidazole rings is 1. The van der Waals surface area contributed by atoms with E-state index in [1.54, 1.807) is 30.6 Å². The summed E-state index contributed by atoms with van der Waals surface area (Å²) in [7, 11) is 0. The van der Waals surface area contributed by atoms with Crippen LogP contribution in [-0.4, -0.2) is 37.9 Å². The van der Waals surface area contributed by atoms with Crippen LogP contribution in [0.15, 0.2) is 36.8 Å². The molecule has 0 spiro atoms. The van der Waals surface area contributed by atoms with Crippen molar-refractivity contribution < 1.29 is 9.84 Å². The van der Waals surface area contributed by atoms with Gasteiger partial charge in [0, 0.05) is 0 Å². The molecule has 0 saturated heterocycles. The number of aromatic nitrogens is 4. The lowest BCUT2D eigenvalue weighted by Crippen LogP contribution is -2.03. The van der Waals surface area contributed by atoms with Gasteiger partial charge < -0.3 is 15.2 Å². The second kappa shape index (κ2) is 6.07. The third kappa shape index (κ3) is 2.65. The third-order valence-electron chi connectivity index (χ3n) is 2.88. The van der Waals surface area contributed by atoms with E-state index in [1.165, 1.54) is 10.7 Å². The Morgan fingerprint density at radius 1 is 1.27 bits per heavy atom. The molecule has 0 unspecified atom stereocenters. The van der Waals surface area contributed by atoms with E-state index in [0.717, 1.165) is 0 Å². The highest BCUT2D eigenvalue weighted by atomic mass is 16.5. The minimum absolute atomic E-state index is 0.0455. The van der Waals surface area contributed by atoms with E-state index in [-0.39, 0.29) is 13.2 Å². The first-order chi connectivity index (χ1) is 10.8. The summed E-state index contributed by atoms with van der Waals surface area (Å²) >= 11 is 0. The third-order valence-corrected chi connectivity index (χ3v) is 2.88. The van der Waals surface area contributed by atoms with Crippen LogP contribution in [0.5, 0.6) is 5.75 Å². The Morgan fingerprint density at radius 3 is 2.91 bits per heavy atom. The SMILES string of the molecule is N#Cc1cnc2c(Nc3ccc(OCCO)cn3)ccnn12. The smallest absolute Gasteiger partial charge is 0.178 e. The standard InChI is InChI=1S/C14H12N6O2/c15-7-10-8-17-14-12(3-4-18-20(10)14)19-13-2-1-11(9-16-13)22-6-5-21/h1-4,8-9,21H,5-6H2,(H,16,19). The van der Waals surface area contributed by atoms with Gasteiger partial charge in [0.2, 0.25) is 0 Å². The van der Waals surface area contributed by atoms with Gasteiger partial charge in [-0.15, -0.1) is 0 Å². The quantitative estimate of drug-likeness (QED) is 0.726. The number of aliphatic hydroxyl groups is 1. The number of nitrogens with one attached hydrogen (secondary N) is 1. The summed E-state index contributed by atoms with van der Waals surface area (Å²) in [5.74, 6) is 1.18. The van der Waals surface area contributed by atoms with Gasteiger partial charge in [0.05, 0.1) is 30.9 Å². The van der Waals surface area contributed by atoms with Crippen molar-refractivity contribution in [1.29, 1.82) is 5.26 Å². The molecular formula is C14H12N6O2. The Labute approximate surface area is 125 Å². The molecule has 3 aromatic heterocycles. The first kappa shape index (κ1) is 13.8. The number of hydrogen-bond acceptors (Lipinski definition) is 7. The number of nitriles is 1. The summed E-state index contributed by atoms with van der Waals surface area (Å²) in [6.07, 6.45) is 4.60. The van der Waals surface area contributed by atoms with Crippen LogP contribution in [0.4, 0.5) is 11.5 Å². The van der Waals surface area contributed by atoms with Gasteiger partial charge in [-0.1, -0.05) is 0 Å². The average Bonchev–Trinajstić information content (AvgIpc) is 2.98. The molecule has 3 aromatic rings. The molecular weight excluding hydrogens is 284 g/mol. The van der Waals surface area contributed by atoms with E-state index in [0.29, 0.717) is 28.6 Å². The van der Waals surface area contributed by atoms with Crippen LogP contribution in [0.2, 0.25) is 0 Å². The number of nitrogens with zero attached hydrogens (tertiary/aromatic N) is 5. The molecule has 0 amide bonds. The molecule has 2 N–H and O–H groups in total. The molecule has 0 aliphatic rings. The number of anilines is 2. The first-order valence-corrected chi connectivity index (χ1v) is 6.51. The second-order valence-corrected chi connectivity index (χ2v) is 4.31. The van der Waals surface area contributed by atoms with E-state index in [9.17, 15) is 0 Å². The van der Waals surface area contributed by atoms with Crippen LogP contribution in [0.25, 0.3) is 5.65 Å². The predicted octanol–water partition coefficient (Wildman–Crippen LogP) is 1.11. The van der Waals surface area contributed by atoms with Crippen molar-refractivity contribution >= 4 is 17.2 Å². The van der Waals surface area contributed by atoms with E-state index in [2.05, 4.69) is 20.4 Å². The van der Waals surface area contributed by atoms with E-state index < -0.39 is 0 Å². The number of ether oxygens (including phenoxy) is 1. The maximum absolute atomic E-state index is 8.99. The van der Waals surface area contributed by atoms with Crippen LogP contribution >= 0.6 is 0 Å². The summed E-state index contributed by atoms with van der Waals surface area (Å²) in [5.41, 5.74) is 1.59. The predicted molar refractivity (Wildman–Crippen MR) is 77.8 cm³/mol. The Balaban J connectivity index is 1.84. The summed E-state index contributed by atoms with van der Waals surface area (Å²) in [6, 6.07) is 7.27. The summed E-state index contributed by atoms with van der Waals surface area (Å²) in [6.45, 7) is 0.181. The Kier molecular flexibility index (Phi) is 3.80. The monoisotopic (exact) mass is 296 g/mol. The summed E-state index contributed by atoms with van der Waals surface area (Å²) in [4.78, 5) is 8.40. The largest absolute Gasteiger partial charge is 0.490 e. The molecule has 0 aliphatic heterocycles. The highest BCUT2D eigenvalue weighted by molar-refractivity contribution is 5.72. The molecule has 8 nitrogen and oxygen atoms in total. The molecule has 3 heterocycles. The van der Waals surface area contributed by atoms with Crippen molar-refractivity contribution in [2.75, 3.05) is 18.5 Å². The Morgan fingerprint density at radius 2 is 2.18 bits per heavy atom. The van der Waals surface area contributed by atoms with Crippen molar-refractivity contribution in [3.63, 3.8) is 0 Å². The van der Waals surface area contributed by atoms with Gasteiger partial charge in [0.15, 0.2) is 11.3 Å². The lowest BCUT2D eigenvalue weighted by molar-refractivity contribution is 0.201. The zero-order valence-electron chi connectivity index (χ0n) is 11.5. The van der Waals surface area contributed by atoms with Gasteiger partial charge in [-0.2, -0.15) is 10.4 Å². The highest BCUT2D eigenvalue weighted by Gasteiger charge is 2.08. The number of hydrogen-bond donors (Lipinski definition) is 2. The van der Waals surface area contributed by atoms with Gasteiger partial charge in [-0.05, 0) is 18.2 Å². The van der Waals surface area contributed by atoms with Crippen molar-refractivity contribution in [3.8, 4) is 11.8 Å². The lowest BCUT2D eigenvalue weighted by atomic mass is 10.4. The van der Waals surface area contributed by atoms with E-state index in [4.69, 9.17) is 15.1 Å². The lowest BCUT2D eigenvalue weighted by Gasteiger charge is -2.08. The fourth-order valence-electron chi connectivity index (χ4n) is 1.91. The van der Waals surface area contributed by atoms with Crippen molar-refractivity contribution in [1.82, 2.24) is 19.6 Å². The highest BCUT2D eigenvalue weighted by Crippen LogP contribution is 2.20. The Hall–Kier alpha value is -3.18. The van der Waals surface area contributed by atoms with E-state index >= 15 is 0 Å². The fourth-order valence-corrected chi connectivity index (χ4v) is 1.91. The van der Waals surface area contributed by atoms with E-state index in [1.807, 2.05) is 6.07 Å². The minimum Gasteiger partial charge on any atom is -0.490 e. The Bertz CT molecular complexity index is 821. The number of fused-ring (bicyclic) bond motifs is 1. The van der Waals surface area contributed by atoms with Crippen LogP contribution in [-0.2, 0) is 0 Å². The minimum atomic E-state index is -0.0455. The first-order valence-electron chi connectivity index (χ1n) is 6.51. The maximum Gasteiger partial charge on any atom is 0.178 e. The molecule has 0 aliphatic carbocycles. The molecule has 22 heavy (non-hydrogen) atoms.